The maximum Gasteiger partial charge on any atom is 0.339 e. The molecule has 0 atom stereocenters. The second-order valence-electron chi connectivity index (χ2n) is 5.10. The molecule has 2 aromatic heterocycles. The normalized spacial score (nSPS) is 12.0. The van der Waals surface area contributed by atoms with Crippen LogP contribution in [0.4, 0.5) is 0 Å². The van der Waals surface area contributed by atoms with E-state index in [1.807, 2.05) is 13.8 Å². The van der Waals surface area contributed by atoms with Gasteiger partial charge >= 0.3 is 5.97 Å². The molecule has 2 rings (SSSR count). The van der Waals surface area contributed by atoms with Crippen molar-refractivity contribution in [2.75, 3.05) is 0 Å². The first-order valence-corrected chi connectivity index (χ1v) is 8.06. The van der Waals surface area contributed by atoms with E-state index in [2.05, 4.69) is 14.7 Å². The van der Waals surface area contributed by atoms with Gasteiger partial charge in [0.2, 0.25) is 0 Å². The lowest BCUT2D eigenvalue weighted by atomic mass is 10.2. The second-order valence-corrected chi connectivity index (χ2v) is 6.84. The number of nitrogens with one attached hydrogen (secondary N) is 2. The Morgan fingerprint density at radius 1 is 1.50 bits per heavy atom. The number of carboxylic acids is 1. The summed E-state index contributed by atoms with van der Waals surface area (Å²) in [4.78, 5) is 17.7. The van der Waals surface area contributed by atoms with E-state index in [-0.39, 0.29) is 34.6 Å². The van der Waals surface area contributed by atoms with Gasteiger partial charge in [-0.05, 0) is 13.0 Å². The van der Waals surface area contributed by atoms with Crippen molar-refractivity contribution in [2.24, 2.45) is 0 Å². The van der Waals surface area contributed by atoms with Crippen LogP contribution in [0, 0.1) is 6.92 Å². The van der Waals surface area contributed by atoms with Crippen molar-refractivity contribution in [1.29, 1.82) is 0 Å². The molecule has 0 unspecified atom stereocenters. The van der Waals surface area contributed by atoms with Crippen LogP contribution < -0.4 is 4.72 Å². The van der Waals surface area contributed by atoms with Gasteiger partial charge < -0.3 is 14.5 Å². The van der Waals surface area contributed by atoms with Crippen molar-refractivity contribution >= 4 is 16.0 Å². The number of hydrogen-bond donors (Lipinski definition) is 3. The van der Waals surface area contributed by atoms with Crippen LogP contribution in [-0.4, -0.2) is 29.5 Å². The van der Waals surface area contributed by atoms with Crippen molar-refractivity contribution in [2.45, 2.75) is 38.3 Å². The highest BCUT2D eigenvalue weighted by atomic mass is 32.2. The molecular weight excluding hydrogens is 310 g/mol. The summed E-state index contributed by atoms with van der Waals surface area (Å²) in [5.41, 5.74) is 0.0119. The van der Waals surface area contributed by atoms with Gasteiger partial charge in [0.25, 0.3) is 10.0 Å². The highest BCUT2D eigenvalue weighted by Crippen LogP contribution is 2.16. The average Bonchev–Trinajstić information content (AvgIpc) is 3.03. The molecular formula is C13H17N3O5S. The van der Waals surface area contributed by atoms with Crippen LogP contribution in [-0.2, 0) is 16.6 Å². The molecule has 8 nitrogen and oxygen atoms in total. The average molecular weight is 327 g/mol. The number of H-pyrrole nitrogens is 1. The summed E-state index contributed by atoms with van der Waals surface area (Å²) in [6.07, 6.45) is 1.24. The quantitative estimate of drug-likeness (QED) is 0.740. The third kappa shape index (κ3) is 3.37. The zero-order chi connectivity index (χ0) is 16.5. The Hall–Kier alpha value is -2.13. The number of carbonyl (C=O) groups is 1. The molecule has 2 aromatic rings. The molecule has 0 aromatic carbocycles. The zero-order valence-electron chi connectivity index (χ0n) is 12.4. The molecule has 0 aliphatic carbocycles. The standard InChI is InChI=1S/C13H17N3O5S/c1-7(2)12-14-6-11(16-12)22(19,20)15-5-9-4-10(13(17)18)8(3)21-9/h4,6-7,15H,5H2,1-3H3,(H,14,16)(H,17,18). The first-order chi connectivity index (χ1) is 10.2. The molecule has 120 valence electrons. The van der Waals surface area contributed by atoms with Crippen molar-refractivity contribution in [3.05, 3.63) is 35.2 Å². The van der Waals surface area contributed by atoms with E-state index < -0.39 is 16.0 Å². The summed E-state index contributed by atoms with van der Waals surface area (Å²) >= 11 is 0. The van der Waals surface area contributed by atoms with Crippen LogP contribution in [0.5, 0.6) is 0 Å². The molecule has 0 saturated heterocycles. The number of rotatable bonds is 6. The molecule has 0 fully saturated rings. The van der Waals surface area contributed by atoms with Gasteiger partial charge in [-0.3, -0.25) is 0 Å². The lowest BCUT2D eigenvalue weighted by molar-refractivity contribution is 0.0695. The van der Waals surface area contributed by atoms with Gasteiger partial charge in [-0.1, -0.05) is 13.8 Å². The lowest BCUT2D eigenvalue weighted by Gasteiger charge is -2.03. The number of aromatic amines is 1. The largest absolute Gasteiger partial charge is 0.478 e. The molecule has 0 aliphatic rings. The van der Waals surface area contributed by atoms with Crippen LogP contribution in [0.25, 0.3) is 0 Å². The third-order valence-corrected chi connectivity index (χ3v) is 4.36. The topological polar surface area (TPSA) is 125 Å². The van der Waals surface area contributed by atoms with E-state index in [9.17, 15) is 13.2 Å². The molecule has 0 saturated carbocycles. The first-order valence-electron chi connectivity index (χ1n) is 6.58. The Kier molecular flexibility index (Phi) is 4.38. The van der Waals surface area contributed by atoms with Crippen LogP contribution in [0.1, 0.15) is 47.5 Å². The number of imidazole rings is 1. The lowest BCUT2D eigenvalue weighted by Crippen LogP contribution is -2.23. The van der Waals surface area contributed by atoms with Gasteiger partial charge in [0.15, 0.2) is 5.03 Å². The fourth-order valence-electron chi connectivity index (χ4n) is 1.84. The minimum absolute atomic E-state index is 0.0119. The number of aromatic carboxylic acids is 1. The van der Waals surface area contributed by atoms with Crippen LogP contribution >= 0.6 is 0 Å². The summed E-state index contributed by atoms with van der Waals surface area (Å²) < 4.78 is 31.8. The van der Waals surface area contributed by atoms with E-state index in [1.165, 1.54) is 19.2 Å². The van der Waals surface area contributed by atoms with Gasteiger partial charge in [-0.2, -0.15) is 0 Å². The molecule has 22 heavy (non-hydrogen) atoms. The minimum atomic E-state index is -3.77. The van der Waals surface area contributed by atoms with Gasteiger partial charge in [-0.15, -0.1) is 0 Å². The predicted molar refractivity (Wildman–Crippen MR) is 77.1 cm³/mol. The molecule has 0 aliphatic heterocycles. The smallest absolute Gasteiger partial charge is 0.339 e. The number of furan rings is 1. The monoisotopic (exact) mass is 327 g/mol. The van der Waals surface area contributed by atoms with E-state index in [0.717, 1.165) is 0 Å². The van der Waals surface area contributed by atoms with Gasteiger partial charge in [0, 0.05) is 5.92 Å². The van der Waals surface area contributed by atoms with Crippen molar-refractivity contribution in [3.63, 3.8) is 0 Å². The second kappa shape index (κ2) is 5.93. The molecule has 0 radical (unpaired) electrons. The number of carboxylic acid groups (broad SMARTS) is 1. The van der Waals surface area contributed by atoms with Crippen LogP contribution in [0.2, 0.25) is 0 Å². The summed E-state index contributed by atoms with van der Waals surface area (Å²) in [5, 5.41) is 8.88. The first kappa shape index (κ1) is 16.2. The van der Waals surface area contributed by atoms with Crippen molar-refractivity contribution in [3.8, 4) is 0 Å². The summed E-state index contributed by atoms with van der Waals surface area (Å²) in [6.45, 7) is 5.14. The molecule has 3 N–H and O–H groups in total. The SMILES string of the molecule is Cc1oc(CNS(=O)(=O)c2cnc(C(C)C)[nH]2)cc1C(=O)O. The van der Waals surface area contributed by atoms with E-state index >= 15 is 0 Å². The Morgan fingerprint density at radius 3 is 2.68 bits per heavy atom. The Morgan fingerprint density at radius 2 is 2.18 bits per heavy atom. The Balaban J connectivity index is 2.12. The molecule has 2 heterocycles. The number of aryl methyl sites for hydroxylation is 1. The fourth-order valence-corrected chi connectivity index (χ4v) is 2.75. The molecule has 0 bridgehead atoms. The highest BCUT2D eigenvalue weighted by Gasteiger charge is 2.20. The van der Waals surface area contributed by atoms with Gasteiger partial charge in [-0.25, -0.2) is 22.9 Å². The maximum atomic E-state index is 12.1. The van der Waals surface area contributed by atoms with Crippen LogP contribution in [0.3, 0.4) is 0 Å². The van der Waals surface area contributed by atoms with E-state index in [4.69, 9.17) is 9.52 Å². The van der Waals surface area contributed by atoms with Crippen molar-refractivity contribution < 1.29 is 22.7 Å². The van der Waals surface area contributed by atoms with Crippen LogP contribution in [0.15, 0.2) is 21.7 Å². The Bertz CT molecular complexity index is 788. The Labute approximate surface area is 127 Å². The molecule has 9 heteroatoms. The number of nitrogens with zero attached hydrogens (tertiary/aromatic N) is 1. The zero-order valence-corrected chi connectivity index (χ0v) is 13.2. The van der Waals surface area contributed by atoms with Gasteiger partial charge in [0.05, 0.1) is 12.7 Å². The fraction of sp³-hybridized carbons (Fsp3) is 0.385. The highest BCUT2D eigenvalue weighted by molar-refractivity contribution is 7.89. The molecule has 0 spiro atoms. The van der Waals surface area contributed by atoms with Crippen molar-refractivity contribution in [1.82, 2.24) is 14.7 Å². The summed E-state index contributed by atoms with van der Waals surface area (Å²) in [6, 6.07) is 1.30. The summed E-state index contributed by atoms with van der Waals surface area (Å²) in [5.74, 6) is -0.0184. The number of hydrogen-bond acceptors (Lipinski definition) is 5. The maximum absolute atomic E-state index is 12.1. The molecule has 0 amide bonds. The number of aromatic nitrogens is 2. The third-order valence-electron chi connectivity index (χ3n) is 3.04. The number of sulfonamides is 1. The predicted octanol–water partition coefficient (Wildman–Crippen LogP) is 1.61. The minimum Gasteiger partial charge on any atom is -0.478 e. The van der Waals surface area contributed by atoms with E-state index in [0.29, 0.717) is 5.82 Å². The van der Waals surface area contributed by atoms with E-state index in [1.54, 1.807) is 0 Å². The summed E-state index contributed by atoms with van der Waals surface area (Å²) in [7, 11) is -3.77. The van der Waals surface area contributed by atoms with Gasteiger partial charge in [0.1, 0.15) is 22.9 Å².